The van der Waals surface area contributed by atoms with Crippen molar-refractivity contribution in [2.45, 2.75) is 63.6 Å². The number of halogens is 1. The molecule has 5 rings (SSSR count). The lowest BCUT2D eigenvalue weighted by Crippen LogP contribution is -2.50. The average Bonchev–Trinajstić information content (AvgIpc) is 3.45. The number of amides is 1. The van der Waals surface area contributed by atoms with Crippen molar-refractivity contribution in [3.63, 3.8) is 0 Å². The van der Waals surface area contributed by atoms with Crippen LogP contribution in [0.25, 0.3) is 6.08 Å². The summed E-state index contributed by atoms with van der Waals surface area (Å²) < 4.78 is 53.5. The number of aromatic nitrogens is 2. The number of ether oxygens (including phenoxy) is 1. The molecule has 3 aromatic carbocycles. The molecule has 0 aliphatic carbocycles. The third-order valence-corrected chi connectivity index (χ3v) is 13.7. The Bertz CT molecular complexity index is 2320. The molecule has 0 bridgehead atoms. The molecular weight excluding hydrogens is 867 g/mol. The quantitative estimate of drug-likeness (QED) is 0.0488. The number of anilines is 1. The molecule has 1 saturated heterocycles. The SMILES string of the molecule is CCC(CC(=O)N/C=C/c1cn([C@@H]2O[C@H](COP(=O)(O)OP(=O)(O)OP(=O)(O)O)C(O)[C@@H]2C)c(=O)nc1N)NC(c1ccccc1)(c1ccc(C)cc1)c1ccc(Cl)cc1. The van der Waals surface area contributed by atoms with E-state index in [0.717, 1.165) is 26.8 Å². The fourth-order valence-corrected chi connectivity index (χ4v) is 9.83. The molecule has 0 saturated carbocycles. The minimum atomic E-state index is -5.78. The number of nitrogens with zero attached hydrogens (tertiary/aromatic N) is 2. The van der Waals surface area contributed by atoms with Crippen molar-refractivity contribution in [3.8, 4) is 0 Å². The third kappa shape index (κ3) is 11.9. The van der Waals surface area contributed by atoms with E-state index in [2.05, 4.69) is 40.9 Å². The summed E-state index contributed by atoms with van der Waals surface area (Å²) in [6.45, 7) is 4.51. The van der Waals surface area contributed by atoms with Crippen molar-refractivity contribution in [3.05, 3.63) is 135 Å². The number of benzene rings is 3. The highest BCUT2D eigenvalue weighted by molar-refractivity contribution is 7.66. The fourth-order valence-electron chi connectivity index (χ4n) is 6.68. The predicted molar refractivity (Wildman–Crippen MR) is 220 cm³/mol. The molecule has 1 aliphatic heterocycles. The zero-order valence-corrected chi connectivity index (χ0v) is 35.8. The van der Waals surface area contributed by atoms with Gasteiger partial charge in [0.15, 0.2) is 0 Å². The third-order valence-electron chi connectivity index (χ3n) is 9.61. The number of aryl methyl sites for hydroxylation is 1. The number of nitrogens with two attached hydrogens (primary N) is 1. The van der Waals surface area contributed by atoms with E-state index in [1.54, 1.807) is 0 Å². The van der Waals surface area contributed by atoms with Gasteiger partial charge in [0.25, 0.3) is 0 Å². The maximum Gasteiger partial charge on any atom is 0.490 e. The van der Waals surface area contributed by atoms with E-state index in [4.69, 9.17) is 31.9 Å². The van der Waals surface area contributed by atoms with Gasteiger partial charge in [-0.25, -0.2) is 18.5 Å². The highest BCUT2D eigenvalue weighted by atomic mass is 35.5. The number of aliphatic hydroxyl groups is 1. The highest BCUT2D eigenvalue weighted by Crippen LogP contribution is 2.66. The minimum absolute atomic E-state index is 0.0508. The standard InChI is InChI=1S/C37H45ClN5O14P3/c1-4-30(42-37(26-8-6-5-7-9-26,27-12-10-23(2)11-13-27)28-14-16-29(38)17-15-28)20-32(44)40-19-18-25-21-43(36(46)41-34(25)39)35-24(3)33(45)31(55-35)22-54-59(50,51)57-60(52,53)56-58(47,48)49/h5-19,21,24,30-31,33,35,42,45H,4,20,22H2,1-3H3,(H,40,44)(H,50,51)(H,52,53)(H2,39,41,46)(H2,47,48,49)/b19-18+/t24-,30?,31+,33?,35+,37?/m0/s1. The first-order valence-corrected chi connectivity index (χ1v) is 23.2. The van der Waals surface area contributed by atoms with Crippen LogP contribution in [-0.2, 0) is 41.9 Å². The van der Waals surface area contributed by atoms with Gasteiger partial charge in [0.1, 0.15) is 18.1 Å². The molecule has 5 unspecified atom stereocenters. The van der Waals surface area contributed by atoms with Gasteiger partial charge in [0.05, 0.1) is 18.2 Å². The fraction of sp³-hybridized carbons (Fsp3) is 0.324. The molecule has 1 aromatic heterocycles. The number of carbonyl (C=O) groups is 1. The number of rotatable bonds is 18. The van der Waals surface area contributed by atoms with Gasteiger partial charge in [-0.1, -0.05) is 97.7 Å². The highest BCUT2D eigenvalue weighted by Gasteiger charge is 2.46. The van der Waals surface area contributed by atoms with Crippen LogP contribution in [0.15, 0.2) is 96.1 Å². The van der Waals surface area contributed by atoms with Gasteiger partial charge in [0.2, 0.25) is 5.91 Å². The van der Waals surface area contributed by atoms with Crippen LogP contribution in [0.4, 0.5) is 5.82 Å². The van der Waals surface area contributed by atoms with Crippen LogP contribution in [0.5, 0.6) is 0 Å². The largest absolute Gasteiger partial charge is 0.490 e. The van der Waals surface area contributed by atoms with E-state index in [0.29, 0.717) is 11.4 Å². The number of hydrogen-bond donors (Lipinski definition) is 8. The number of hydrogen-bond acceptors (Lipinski definition) is 13. The summed E-state index contributed by atoms with van der Waals surface area (Å²) in [6.07, 6.45) is 0.509. The number of phosphoric acid groups is 3. The molecule has 4 aromatic rings. The Hall–Kier alpha value is -3.87. The maximum atomic E-state index is 13.5. The Morgan fingerprint density at radius 2 is 1.58 bits per heavy atom. The zero-order valence-electron chi connectivity index (χ0n) is 32.3. The average molecular weight is 912 g/mol. The molecule has 23 heteroatoms. The first kappa shape index (κ1) is 47.2. The van der Waals surface area contributed by atoms with Gasteiger partial charge in [-0.05, 0) is 48.2 Å². The maximum absolute atomic E-state index is 13.5. The van der Waals surface area contributed by atoms with Crippen LogP contribution in [0.2, 0.25) is 5.02 Å². The minimum Gasteiger partial charge on any atom is -0.390 e. The van der Waals surface area contributed by atoms with E-state index in [9.17, 15) is 38.2 Å². The summed E-state index contributed by atoms with van der Waals surface area (Å²) in [5, 5.41) is 17.9. The van der Waals surface area contributed by atoms with E-state index < -0.39 is 65.7 Å². The number of carbonyl (C=O) groups excluding carboxylic acids is 1. The van der Waals surface area contributed by atoms with E-state index in [-0.39, 0.29) is 29.8 Å². The second-order valence-corrected chi connectivity index (χ2v) is 18.8. The van der Waals surface area contributed by atoms with Crippen molar-refractivity contribution in [2.24, 2.45) is 5.92 Å². The monoisotopic (exact) mass is 911 g/mol. The Kier molecular flexibility index (Phi) is 15.3. The van der Waals surface area contributed by atoms with Crippen molar-refractivity contribution in [1.82, 2.24) is 20.2 Å². The second kappa shape index (κ2) is 19.5. The number of nitrogens with one attached hydrogen (secondary N) is 2. The summed E-state index contributed by atoms with van der Waals surface area (Å²) in [5.41, 5.74) is 8.36. The normalized spacial score (nSPS) is 21.8. The molecule has 0 spiro atoms. The number of nitrogen functional groups attached to an aromatic ring is 1. The second-order valence-electron chi connectivity index (χ2n) is 13.9. The smallest absolute Gasteiger partial charge is 0.390 e. The number of aliphatic hydroxyl groups excluding tert-OH is 1. The molecule has 0 radical (unpaired) electrons. The molecular formula is C37H45ClN5O14P3. The van der Waals surface area contributed by atoms with Crippen molar-refractivity contribution in [1.29, 1.82) is 0 Å². The Morgan fingerprint density at radius 1 is 0.983 bits per heavy atom. The van der Waals surface area contributed by atoms with Crippen LogP contribution in [-0.4, -0.2) is 65.0 Å². The van der Waals surface area contributed by atoms with Crippen LogP contribution >= 0.6 is 35.1 Å². The summed E-state index contributed by atoms with van der Waals surface area (Å²) in [6, 6.07) is 25.3. The Morgan fingerprint density at radius 3 is 2.18 bits per heavy atom. The molecule has 2 heterocycles. The molecule has 60 heavy (non-hydrogen) atoms. The lowest BCUT2D eigenvalue weighted by Gasteiger charge is -2.40. The molecule has 1 fully saturated rings. The molecule has 19 nitrogen and oxygen atoms in total. The van der Waals surface area contributed by atoms with Crippen molar-refractivity contribution < 1.29 is 61.1 Å². The molecule has 1 amide bonds. The summed E-state index contributed by atoms with van der Waals surface area (Å²) in [7, 11) is -16.9. The van der Waals surface area contributed by atoms with Crippen LogP contribution in [0.1, 0.15) is 60.7 Å². The Balaban J connectivity index is 1.30. The van der Waals surface area contributed by atoms with Crippen LogP contribution in [0, 0.1) is 12.8 Å². The molecule has 324 valence electrons. The van der Waals surface area contributed by atoms with Crippen LogP contribution < -0.4 is 22.1 Å². The summed E-state index contributed by atoms with van der Waals surface area (Å²) >= 11 is 6.32. The van der Waals surface area contributed by atoms with E-state index in [1.807, 2.05) is 80.6 Å². The topological polar surface area (TPSA) is 291 Å². The number of phosphoric ester groups is 1. The van der Waals surface area contributed by atoms with Crippen molar-refractivity contribution >= 4 is 52.9 Å². The lowest BCUT2D eigenvalue weighted by molar-refractivity contribution is -0.120. The van der Waals surface area contributed by atoms with E-state index >= 15 is 0 Å². The van der Waals surface area contributed by atoms with Gasteiger partial charge in [-0.3, -0.25) is 19.2 Å². The van der Waals surface area contributed by atoms with Gasteiger partial charge in [-0.15, -0.1) is 0 Å². The molecule has 9 N–H and O–H groups in total. The zero-order chi connectivity index (χ0) is 44.0. The molecule has 8 atom stereocenters. The van der Waals surface area contributed by atoms with Gasteiger partial charge >= 0.3 is 29.2 Å². The first-order chi connectivity index (χ1) is 28.1. The first-order valence-electron chi connectivity index (χ1n) is 18.3. The van der Waals surface area contributed by atoms with E-state index in [1.165, 1.54) is 25.4 Å². The van der Waals surface area contributed by atoms with Crippen LogP contribution in [0.3, 0.4) is 0 Å². The lowest BCUT2D eigenvalue weighted by atomic mass is 9.76. The Labute approximate surface area is 349 Å². The van der Waals surface area contributed by atoms with Crippen molar-refractivity contribution in [2.75, 3.05) is 12.3 Å². The summed E-state index contributed by atoms with van der Waals surface area (Å²) in [4.78, 5) is 66.9. The summed E-state index contributed by atoms with van der Waals surface area (Å²) in [5.74, 6) is -1.42. The molecule has 1 aliphatic rings. The van der Waals surface area contributed by atoms with Gasteiger partial charge in [0, 0.05) is 41.4 Å². The predicted octanol–water partition coefficient (Wildman–Crippen LogP) is 4.86. The van der Waals surface area contributed by atoms with Gasteiger partial charge in [-0.2, -0.15) is 13.6 Å². The van der Waals surface area contributed by atoms with Gasteiger partial charge < -0.3 is 40.5 Å².